The lowest BCUT2D eigenvalue weighted by Crippen LogP contribution is -2.22. The molecule has 30 heavy (non-hydrogen) atoms. The van der Waals surface area contributed by atoms with E-state index in [9.17, 15) is 9.59 Å². The standard InChI is InChI=1S/C24H23N3O3/c1-26(2)23(28)18-6-4-5-17(13-18)21-15-27(24(29)22-20(21)11-12-25-22)14-16-7-9-19(30-3)10-8-16/h4-13,15,25H,14H2,1-3H3. The van der Waals surface area contributed by atoms with Crippen LogP contribution in [0.1, 0.15) is 15.9 Å². The molecule has 0 saturated carbocycles. The Kier molecular flexibility index (Phi) is 5.14. The summed E-state index contributed by atoms with van der Waals surface area (Å²) in [5.74, 6) is 0.711. The van der Waals surface area contributed by atoms with Crippen molar-refractivity contribution in [1.82, 2.24) is 14.5 Å². The number of carbonyl (C=O) groups excluding carboxylic acids is 1. The Hall–Kier alpha value is -3.80. The maximum atomic E-state index is 13.0. The van der Waals surface area contributed by atoms with Gasteiger partial charge in [-0.1, -0.05) is 24.3 Å². The van der Waals surface area contributed by atoms with Crippen LogP contribution in [0.5, 0.6) is 5.75 Å². The summed E-state index contributed by atoms with van der Waals surface area (Å²) in [5, 5.41) is 0.834. The van der Waals surface area contributed by atoms with Gasteiger partial charge in [-0.15, -0.1) is 0 Å². The summed E-state index contributed by atoms with van der Waals surface area (Å²) < 4.78 is 6.90. The molecule has 1 N–H and O–H groups in total. The second kappa shape index (κ2) is 7.91. The highest BCUT2D eigenvalue weighted by Gasteiger charge is 2.14. The zero-order valence-electron chi connectivity index (χ0n) is 17.2. The van der Waals surface area contributed by atoms with Crippen molar-refractivity contribution in [3.05, 3.63) is 88.5 Å². The average Bonchev–Trinajstić information content (AvgIpc) is 3.26. The second-order valence-corrected chi connectivity index (χ2v) is 7.37. The molecule has 0 atom stereocenters. The largest absolute Gasteiger partial charge is 0.497 e. The summed E-state index contributed by atoms with van der Waals surface area (Å²) in [5.41, 5.74) is 3.84. The number of hydrogen-bond acceptors (Lipinski definition) is 3. The van der Waals surface area contributed by atoms with Crippen molar-refractivity contribution < 1.29 is 9.53 Å². The van der Waals surface area contributed by atoms with Crippen LogP contribution in [0.3, 0.4) is 0 Å². The highest BCUT2D eigenvalue weighted by Crippen LogP contribution is 2.28. The summed E-state index contributed by atoms with van der Waals surface area (Å²) in [7, 11) is 5.09. The lowest BCUT2D eigenvalue weighted by Gasteiger charge is -2.13. The molecule has 2 heterocycles. The molecule has 0 radical (unpaired) electrons. The highest BCUT2D eigenvalue weighted by molar-refractivity contribution is 5.98. The Morgan fingerprint density at radius 2 is 1.87 bits per heavy atom. The number of rotatable bonds is 5. The van der Waals surface area contributed by atoms with Crippen LogP contribution in [0.4, 0.5) is 0 Å². The van der Waals surface area contributed by atoms with E-state index in [1.807, 2.05) is 54.7 Å². The van der Waals surface area contributed by atoms with Gasteiger partial charge < -0.3 is 19.2 Å². The molecule has 6 nitrogen and oxygen atoms in total. The van der Waals surface area contributed by atoms with Gasteiger partial charge in [-0.3, -0.25) is 9.59 Å². The van der Waals surface area contributed by atoms with E-state index in [4.69, 9.17) is 4.74 Å². The zero-order chi connectivity index (χ0) is 21.3. The Labute approximate surface area is 174 Å². The number of amides is 1. The number of hydrogen-bond donors (Lipinski definition) is 1. The molecular formula is C24H23N3O3. The fourth-order valence-corrected chi connectivity index (χ4v) is 3.55. The van der Waals surface area contributed by atoms with Crippen LogP contribution in [0.2, 0.25) is 0 Å². The summed E-state index contributed by atoms with van der Waals surface area (Å²) in [4.78, 5) is 30.0. The first-order valence-electron chi connectivity index (χ1n) is 9.63. The van der Waals surface area contributed by atoms with Gasteiger partial charge in [-0.05, 0) is 41.5 Å². The topological polar surface area (TPSA) is 67.3 Å². The quantitative estimate of drug-likeness (QED) is 0.554. The van der Waals surface area contributed by atoms with Gasteiger partial charge in [0, 0.05) is 43.0 Å². The van der Waals surface area contributed by atoms with Crippen LogP contribution in [-0.2, 0) is 6.54 Å². The second-order valence-electron chi connectivity index (χ2n) is 7.37. The van der Waals surface area contributed by atoms with Gasteiger partial charge in [-0.25, -0.2) is 0 Å². The van der Waals surface area contributed by atoms with Crippen molar-refractivity contribution in [1.29, 1.82) is 0 Å². The van der Waals surface area contributed by atoms with Gasteiger partial charge >= 0.3 is 0 Å². The SMILES string of the molecule is COc1ccc(Cn2cc(-c3cccc(C(=O)N(C)C)c3)c3cc[nH]c3c2=O)cc1. The van der Waals surface area contributed by atoms with Crippen molar-refractivity contribution in [3.8, 4) is 16.9 Å². The van der Waals surface area contributed by atoms with Crippen molar-refractivity contribution in [3.63, 3.8) is 0 Å². The highest BCUT2D eigenvalue weighted by atomic mass is 16.5. The van der Waals surface area contributed by atoms with Crippen LogP contribution in [-0.4, -0.2) is 41.6 Å². The molecule has 0 aliphatic rings. The molecule has 0 bridgehead atoms. The normalized spacial score (nSPS) is 10.9. The zero-order valence-corrected chi connectivity index (χ0v) is 17.2. The van der Waals surface area contributed by atoms with Gasteiger partial charge in [0.1, 0.15) is 11.3 Å². The number of nitrogens with zero attached hydrogens (tertiary/aromatic N) is 2. The lowest BCUT2D eigenvalue weighted by molar-refractivity contribution is 0.0827. The minimum absolute atomic E-state index is 0.0614. The molecule has 0 aliphatic carbocycles. The molecule has 152 valence electrons. The van der Waals surface area contributed by atoms with Gasteiger partial charge in [0.05, 0.1) is 13.7 Å². The fourth-order valence-electron chi connectivity index (χ4n) is 3.55. The van der Waals surface area contributed by atoms with E-state index in [1.165, 1.54) is 0 Å². The first-order chi connectivity index (χ1) is 14.5. The number of nitrogens with one attached hydrogen (secondary N) is 1. The number of methoxy groups -OCH3 is 1. The third-order valence-corrected chi connectivity index (χ3v) is 5.14. The van der Waals surface area contributed by atoms with Crippen LogP contribution >= 0.6 is 0 Å². The molecule has 0 fully saturated rings. The van der Waals surface area contributed by atoms with E-state index in [0.717, 1.165) is 27.8 Å². The predicted molar refractivity (Wildman–Crippen MR) is 118 cm³/mol. The van der Waals surface area contributed by atoms with Crippen molar-refractivity contribution in [2.24, 2.45) is 0 Å². The molecule has 1 amide bonds. The van der Waals surface area contributed by atoms with E-state index >= 15 is 0 Å². The average molecular weight is 401 g/mol. The number of fused-ring (bicyclic) bond motifs is 1. The molecule has 0 unspecified atom stereocenters. The number of ether oxygens (including phenoxy) is 1. The predicted octanol–water partition coefficient (Wildman–Crippen LogP) is 3.76. The molecular weight excluding hydrogens is 378 g/mol. The maximum Gasteiger partial charge on any atom is 0.275 e. The Morgan fingerprint density at radius 1 is 1.10 bits per heavy atom. The van der Waals surface area contributed by atoms with Crippen molar-refractivity contribution in [2.75, 3.05) is 21.2 Å². The van der Waals surface area contributed by atoms with Crippen LogP contribution < -0.4 is 10.3 Å². The van der Waals surface area contributed by atoms with Crippen molar-refractivity contribution >= 4 is 16.8 Å². The number of pyridine rings is 1. The minimum Gasteiger partial charge on any atom is -0.497 e. The number of aromatic nitrogens is 2. The minimum atomic E-state index is -0.0879. The number of H-pyrrole nitrogens is 1. The van der Waals surface area contributed by atoms with Crippen LogP contribution in [0.15, 0.2) is 71.8 Å². The third-order valence-electron chi connectivity index (χ3n) is 5.14. The number of aromatic amines is 1. The summed E-state index contributed by atoms with van der Waals surface area (Å²) >= 11 is 0. The third kappa shape index (κ3) is 3.59. The molecule has 6 heteroatoms. The van der Waals surface area contributed by atoms with Crippen LogP contribution in [0, 0.1) is 0 Å². The first kappa shape index (κ1) is 19.5. The summed E-state index contributed by atoms with van der Waals surface area (Å²) in [6.45, 7) is 0.432. The van der Waals surface area contributed by atoms with E-state index in [0.29, 0.717) is 17.6 Å². The monoisotopic (exact) mass is 401 g/mol. The molecule has 2 aromatic heterocycles. The molecule has 2 aromatic carbocycles. The van der Waals surface area contributed by atoms with E-state index in [2.05, 4.69) is 4.98 Å². The van der Waals surface area contributed by atoms with Gasteiger partial charge in [0.2, 0.25) is 0 Å². The van der Waals surface area contributed by atoms with E-state index < -0.39 is 0 Å². The van der Waals surface area contributed by atoms with Gasteiger partial charge in [-0.2, -0.15) is 0 Å². The summed E-state index contributed by atoms with van der Waals surface area (Å²) in [6, 6.07) is 17.0. The van der Waals surface area contributed by atoms with E-state index in [1.54, 1.807) is 42.9 Å². The fraction of sp³-hybridized carbons (Fsp3) is 0.167. The Morgan fingerprint density at radius 3 is 2.57 bits per heavy atom. The van der Waals surface area contributed by atoms with E-state index in [-0.39, 0.29) is 11.5 Å². The molecule has 0 spiro atoms. The Bertz CT molecular complexity index is 1270. The molecule has 0 aliphatic heterocycles. The summed E-state index contributed by atoms with van der Waals surface area (Å²) in [6.07, 6.45) is 3.63. The van der Waals surface area contributed by atoms with Gasteiger partial charge in [0.15, 0.2) is 0 Å². The number of carbonyl (C=O) groups is 1. The van der Waals surface area contributed by atoms with Gasteiger partial charge in [0.25, 0.3) is 11.5 Å². The molecule has 4 aromatic rings. The molecule has 0 saturated heterocycles. The number of benzene rings is 2. The lowest BCUT2D eigenvalue weighted by atomic mass is 10.0. The smallest absolute Gasteiger partial charge is 0.275 e. The maximum absolute atomic E-state index is 13.0. The first-order valence-corrected chi connectivity index (χ1v) is 9.63. The van der Waals surface area contributed by atoms with Crippen LogP contribution in [0.25, 0.3) is 22.0 Å². The Balaban J connectivity index is 1.82. The van der Waals surface area contributed by atoms with Crippen molar-refractivity contribution in [2.45, 2.75) is 6.54 Å². The molecule has 4 rings (SSSR count).